The number of benzene rings is 2. The second-order valence-corrected chi connectivity index (χ2v) is 11.7. The van der Waals surface area contributed by atoms with Crippen LogP contribution in [0.15, 0.2) is 73.3 Å². The number of aryl methyl sites for hydroxylation is 1. The number of hydrogen-bond acceptors (Lipinski definition) is 4. The number of ether oxygens (including phenoxy) is 1. The molecule has 8 heteroatoms. The Labute approximate surface area is 248 Å². The van der Waals surface area contributed by atoms with Gasteiger partial charge in [0.1, 0.15) is 6.10 Å². The third kappa shape index (κ3) is 6.51. The van der Waals surface area contributed by atoms with Gasteiger partial charge in [-0.05, 0) is 56.4 Å². The Morgan fingerprint density at radius 2 is 1.83 bits per heavy atom. The van der Waals surface area contributed by atoms with Crippen molar-refractivity contribution in [1.82, 2.24) is 19.8 Å². The maximum Gasteiger partial charge on any atom is 0.407 e. The molecule has 1 unspecified atom stereocenters. The highest BCUT2D eigenvalue weighted by Crippen LogP contribution is 2.52. The molecule has 2 aliphatic rings. The molecule has 1 saturated carbocycles. The molecule has 2 amide bonds. The molecular weight excluding hydrogens is 526 g/mol. The molecule has 220 valence electrons. The lowest BCUT2D eigenvalue weighted by molar-refractivity contribution is -0.133. The van der Waals surface area contributed by atoms with Crippen LogP contribution in [0.5, 0.6) is 0 Å². The molecule has 0 radical (unpaired) electrons. The van der Waals surface area contributed by atoms with Crippen molar-refractivity contribution < 1.29 is 14.3 Å². The van der Waals surface area contributed by atoms with E-state index in [9.17, 15) is 9.59 Å². The zero-order chi connectivity index (χ0) is 29.4. The average Bonchev–Trinajstić information content (AvgIpc) is 3.73. The second-order valence-electron chi connectivity index (χ2n) is 11.7. The standard InChI is InChI=1S/C34H41N5O3/c1-35-29-16-14-26(15-17-29)8-6-13-32(40)39-21-18-28(19-22-39)34(24-38-23-20-37-25-38,27-9-4-3-5-10-27)30-11-7-12-31(30)42-33(41)36-2/h3-5,9-10,14-17,20,23,25,28,30-31H,6-8,11-13,18-19,21-22,24H2,2H3,(H,36,41)/t30-,31-,34?/m0/s1. The number of alkyl carbamates (subject to hydrolysis) is 1. The van der Waals surface area contributed by atoms with Gasteiger partial charge < -0.3 is 19.5 Å². The van der Waals surface area contributed by atoms with Gasteiger partial charge in [0.15, 0.2) is 5.69 Å². The van der Waals surface area contributed by atoms with Crippen LogP contribution in [-0.4, -0.2) is 52.7 Å². The maximum absolute atomic E-state index is 13.2. The minimum absolute atomic E-state index is 0.154. The fraction of sp³-hybridized carbons (Fsp3) is 0.471. The van der Waals surface area contributed by atoms with E-state index in [0.29, 0.717) is 18.0 Å². The van der Waals surface area contributed by atoms with E-state index in [2.05, 4.69) is 50.0 Å². The topological polar surface area (TPSA) is 80.8 Å². The number of likely N-dealkylation sites (tertiary alicyclic amines) is 1. The quantitative estimate of drug-likeness (QED) is 0.298. The number of nitrogens with one attached hydrogen (secondary N) is 1. The number of imidazole rings is 1. The molecule has 42 heavy (non-hydrogen) atoms. The van der Waals surface area contributed by atoms with Crippen molar-refractivity contribution in [2.75, 3.05) is 20.1 Å². The molecule has 1 saturated heterocycles. The van der Waals surface area contributed by atoms with Crippen molar-refractivity contribution in [3.63, 3.8) is 0 Å². The number of nitrogens with zero attached hydrogens (tertiary/aromatic N) is 4. The first kappa shape index (κ1) is 29.4. The van der Waals surface area contributed by atoms with Crippen molar-refractivity contribution >= 4 is 17.7 Å². The Morgan fingerprint density at radius 3 is 2.50 bits per heavy atom. The van der Waals surface area contributed by atoms with Crippen molar-refractivity contribution in [2.24, 2.45) is 11.8 Å². The van der Waals surface area contributed by atoms with E-state index in [4.69, 9.17) is 11.3 Å². The lowest BCUT2D eigenvalue weighted by atomic mass is 9.58. The fourth-order valence-electron chi connectivity index (χ4n) is 7.36. The smallest absolute Gasteiger partial charge is 0.407 e. The predicted molar refractivity (Wildman–Crippen MR) is 162 cm³/mol. The van der Waals surface area contributed by atoms with Gasteiger partial charge in [-0.2, -0.15) is 0 Å². The summed E-state index contributed by atoms with van der Waals surface area (Å²) < 4.78 is 8.18. The van der Waals surface area contributed by atoms with E-state index in [1.165, 1.54) is 5.56 Å². The van der Waals surface area contributed by atoms with Gasteiger partial charge in [-0.3, -0.25) is 4.79 Å². The molecule has 5 rings (SSSR count). The Kier molecular flexibility index (Phi) is 9.58. The molecule has 3 atom stereocenters. The first-order chi connectivity index (χ1) is 20.5. The highest BCUT2D eigenvalue weighted by Gasteiger charge is 2.53. The van der Waals surface area contributed by atoms with Crippen LogP contribution in [0.25, 0.3) is 4.85 Å². The van der Waals surface area contributed by atoms with Gasteiger partial charge in [-0.1, -0.05) is 60.2 Å². The predicted octanol–water partition coefficient (Wildman–Crippen LogP) is 6.16. The third-order valence-electron chi connectivity index (χ3n) is 9.39. The van der Waals surface area contributed by atoms with E-state index in [1.54, 1.807) is 7.05 Å². The summed E-state index contributed by atoms with van der Waals surface area (Å²) >= 11 is 0. The number of aromatic nitrogens is 2. The van der Waals surface area contributed by atoms with E-state index in [1.807, 2.05) is 47.9 Å². The van der Waals surface area contributed by atoms with Crippen molar-refractivity contribution in [2.45, 2.75) is 69.4 Å². The van der Waals surface area contributed by atoms with Gasteiger partial charge in [0.25, 0.3) is 0 Å². The van der Waals surface area contributed by atoms with Crippen LogP contribution >= 0.6 is 0 Å². The molecule has 1 aromatic heterocycles. The number of carbonyl (C=O) groups is 2. The SMILES string of the molecule is [C-]#[N+]c1ccc(CCCC(=O)N2CCC(C(Cn3ccnc3)(c3ccccc3)[C@H]3CCC[C@@H]3OC(=O)NC)CC2)cc1. The third-order valence-corrected chi connectivity index (χ3v) is 9.39. The summed E-state index contributed by atoms with van der Waals surface area (Å²) in [6.07, 6.45) is 12.0. The summed E-state index contributed by atoms with van der Waals surface area (Å²) in [5, 5.41) is 2.65. The minimum atomic E-state index is -0.376. The van der Waals surface area contributed by atoms with Crippen LogP contribution in [0.3, 0.4) is 0 Å². The fourth-order valence-corrected chi connectivity index (χ4v) is 7.36. The van der Waals surface area contributed by atoms with Crippen LogP contribution < -0.4 is 5.32 Å². The number of carbonyl (C=O) groups excluding carboxylic acids is 2. The Balaban J connectivity index is 1.33. The van der Waals surface area contributed by atoms with Gasteiger partial charge >= 0.3 is 6.09 Å². The van der Waals surface area contributed by atoms with Crippen LogP contribution in [0, 0.1) is 18.4 Å². The van der Waals surface area contributed by atoms with Crippen molar-refractivity contribution in [3.8, 4) is 0 Å². The monoisotopic (exact) mass is 567 g/mol. The first-order valence-corrected chi connectivity index (χ1v) is 15.2. The summed E-state index contributed by atoms with van der Waals surface area (Å²) in [5.41, 5.74) is 2.79. The number of hydrogen-bond donors (Lipinski definition) is 1. The molecular formula is C34H41N5O3. The van der Waals surface area contributed by atoms with Crippen molar-refractivity contribution in [1.29, 1.82) is 0 Å². The normalized spacial score (nSPS) is 20.4. The Bertz CT molecular complexity index is 1340. The molecule has 8 nitrogen and oxygen atoms in total. The molecule has 1 N–H and O–H groups in total. The van der Waals surface area contributed by atoms with Crippen LogP contribution in [-0.2, 0) is 27.9 Å². The second kappa shape index (κ2) is 13.7. The molecule has 1 aliphatic heterocycles. The largest absolute Gasteiger partial charge is 0.446 e. The lowest BCUT2D eigenvalue weighted by Gasteiger charge is -2.50. The van der Waals surface area contributed by atoms with E-state index >= 15 is 0 Å². The molecule has 2 aromatic carbocycles. The number of amides is 2. The number of rotatable bonds is 10. The summed E-state index contributed by atoms with van der Waals surface area (Å²) in [6, 6.07) is 18.4. The zero-order valence-electron chi connectivity index (χ0n) is 24.5. The van der Waals surface area contributed by atoms with Gasteiger partial charge in [0, 0.05) is 56.8 Å². The molecule has 2 heterocycles. The first-order valence-electron chi connectivity index (χ1n) is 15.2. The minimum Gasteiger partial charge on any atom is -0.446 e. The highest BCUT2D eigenvalue weighted by atomic mass is 16.6. The zero-order valence-corrected chi connectivity index (χ0v) is 24.5. The summed E-state index contributed by atoms with van der Waals surface area (Å²) in [7, 11) is 1.61. The molecule has 2 fully saturated rings. The molecule has 0 spiro atoms. The summed E-state index contributed by atoms with van der Waals surface area (Å²) in [6.45, 7) is 9.33. The van der Waals surface area contributed by atoms with Crippen LogP contribution in [0.1, 0.15) is 56.1 Å². The summed E-state index contributed by atoms with van der Waals surface area (Å²) in [4.78, 5) is 35.5. The van der Waals surface area contributed by atoms with Gasteiger partial charge in [0.2, 0.25) is 5.91 Å². The van der Waals surface area contributed by atoms with Gasteiger partial charge in [0.05, 0.1) is 12.9 Å². The van der Waals surface area contributed by atoms with E-state index < -0.39 is 0 Å². The lowest BCUT2D eigenvalue weighted by Crippen LogP contribution is -2.53. The Morgan fingerprint density at radius 1 is 1.07 bits per heavy atom. The van der Waals surface area contributed by atoms with Crippen LogP contribution in [0.4, 0.5) is 10.5 Å². The Hall–Kier alpha value is -4.12. The molecule has 3 aromatic rings. The van der Waals surface area contributed by atoms with E-state index in [-0.39, 0.29) is 29.4 Å². The van der Waals surface area contributed by atoms with Crippen LogP contribution in [0.2, 0.25) is 0 Å². The summed E-state index contributed by atoms with van der Waals surface area (Å²) in [5.74, 6) is 0.681. The van der Waals surface area contributed by atoms with Gasteiger partial charge in [-0.15, -0.1) is 0 Å². The molecule has 1 aliphatic carbocycles. The number of piperidine rings is 1. The highest BCUT2D eigenvalue weighted by molar-refractivity contribution is 5.76. The van der Waals surface area contributed by atoms with E-state index in [0.717, 1.165) is 70.1 Å². The molecule has 0 bridgehead atoms. The maximum atomic E-state index is 13.2. The average molecular weight is 568 g/mol. The van der Waals surface area contributed by atoms with Crippen molar-refractivity contribution in [3.05, 3.63) is 95.9 Å². The van der Waals surface area contributed by atoms with Gasteiger partial charge in [-0.25, -0.2) is 14.6 Å².